The van der Waals surface area contributed by atoms with Crippen LogP contribution >= 0.6 is 0 Å². The van der Waals surface area contributed by atoms with Crippen molar-refractivity contribution in [2.75, 3.05) is 5.32 Å². The molecule has 5 aromatic rings. The zero-order valence-corrected chi connectivity index (χ0v) is 19.1. The Morgan fingerprint density at radius 1 is 1.03 bits per heavy atom. The number of nitrogens with zero attached hydrogens (tertiary/aromatic N) is 5. The Kier molecular flexibility index (Phi) is 5.31. The molecule has 2 aromatic carbocycles. The predicted octanol–water partition coefficient (Wildman–Crippen LogP) is 5.68. The number of hydrogen-bond acceptors (Lipinski definition) is 4. The first-order valence-electron chi connectivity index (χ1n) is 10.9. The number of anilines is 1. The van der Waals surface area contributed by atoms with Crippen LogP contribution < -0.4 is 5.32 Å². The quantitative estimate of drug-likeness (QED) is 0.361. The zero-order chi connectivity index (χ0) is 24.9. The van der Waals surface area contributed by atoms with Crippen LogP contribution in [0.5, 0.6) is 0 Å². The van der Waals surface area contributed by atoms with Crippen molar-refractivity contribution in [2.24, 2.45) is 7.05 Å². The maximum atomic E-state index is 13.9. The molecule has 0 radical (unpaired) electrons. The van der Waals surface area contributed by atoms with Crippen LogP contribution in [0, 0.1) is 0 Å². The maximum absolute atomic E-state index is 13.9. The molecule has 0 spiro atoms. The van der Waals surface area contributed by atoms with Gasteiger partial charge in [0.05, 0.1) is 22.9 Å². The van der Waals surface area contributed by atoms with Crippen LogP contribution in [0.3, 0.4) is 0 Å². The molecule has 10 heteroatoms. The summed E-state index contributed by atoms with van der Waals surface area (Å²) in [6.45, 7) is 4.06. The third kappa shape index (κ3) is 4.01. The topological polar surface area (TPSA) is 77.1 Å². The minimum absolute atomic E-state index is 0.0943. The highest BCUT2D eigenvalue weighted by Crippen LogP contribution is 2.33. The van der Waals surface area contributed by atoms with Crippen molar-refractivity contribution in [1.82, 2.24) is 24.1 Å². The number of imidazole rings is 1. The Morgan fingerprint density at radius 2 is 1.74 bits per heavy atom. The molecule has 0 atom stereocenters. The highest BCUT2D eigenvalue weighted by atomic mass is 19.4. The van der Waals surface area contributed by atoms with Crippen molar-refractivity contribution in [3.05, 3.63) is 77.6 Å². The van der Waals surface area contributed by atoms with E-state index < -0.39 is 17.8 Å². The Bertz CT molecular complexity index is 1560. The lowest BCUT2D eigenvalue weighted by Crippen LogP contribution is -2.17. The van der Waals surface area contributed by atoms with Crippen LogP contribution in [0.2, 0.25) is 0 Å². The summed E-state index contributed by atoms with van der Waals surface area (Å²) in [4.78, 5) is 21.9. The van der Waals surface area contributed by atoms with Crippen LogP contribution in [0.4, 0.5) is 19.1 Å². The fourth-order valence-corrected chi connectivity index (χ4v) is 3.94. The van der Waals surface area contributed by atoms with E-state index >= 15 is 0 Å². The van der Waals surface area contributed by atoms with Gasteiger partial charge in [-0.3, -0.25) is 10.1 Å². The molecule has 3 aromatic heterocycles. The van der Waals surface area contributed by atoms with Gasteiger partial charge in [0.2, 0.25) is 5.95 Å². The summed E-state index contributed by atoms with van der Waals surface area (Å²) in [5, 5.41) is 6.50. The summed E-state index contributed by atoms with van der Waals surface area (Å²) in [5.74, 6) is -0.128. The smallest absolute Gasteiger partial charge is 0.313 e. The second kappa shape index (κ2) is 8.23. The molecule has 5 rings (SSSR count). The number of benzene rings is 2. The summed E-state index contributed by atoms with van der Waals surface area (Å²) >= 11 is 0. The first-order valence-corrected chi connectivity index (χ1v) is 10.9. The molecule has 0 bridgehead atoms. The standard InChI is InChI=1S/C25H21F3N6O/c1-14(2)15-8-10-16(11-9-15)19-12-21(25(26,27)28)34-22(30-19)17(13-29-34)23(35)32-24-31-18-6-4-5-7-20(18)33(24)3/h4-14H,1-3H3,(H,31,32,35). The number of alkyl halides is 3. The molecule has 0 aliphatic carbocycles. The van der Waals surface area contributed by atoms with E-state index in [0.29, 0.717) is 15.6 Å². The number of carbonyl (C=O) groups is 1. The molecule has 0 fully saturated rings. The van der Waals surface area contributed by atoms with Gasteiger partial charge in [0.15, 0.2) is 11.3 Å². The molecule has 3 heterocycles. The number of aromatic nitrogens is 5. The maximum Gasteiger partial charge on any atom is 0.433 e. The molecule has 1 N–H and O–H groups in total. The Labute approximate surface area is 198 Å². The van der Waals surface area contributed by atoms with Crippen molar-refractivity contribution in [1.29, 1.82) is 0 Å². The molecule has 35 heavy (non-hydrogen) atoms. The number of rotatable bonds is 4. The van der Waals surface area contributed by atoms with Crippen LogP contribution in [-0.4, -0.2) is 30.1 Å². The van der Waals surface area contributed by atoms with Crippen molar-refractivity contribution >= 4 is 28.5 Å². The largest absolute Gasteiger partial charge is 0.433 e. The monoisotopic (exact) mass is 478 g/mol. The first kappa shape index (κ1) is 22.6. The fraction of sp³-hybridized carbons (Fsp3) is 0.200. The highest BCUT2D eigenvalue weighted by molar-refractivity contribution is 6.08. The van der Waals surface area contributed by atoms with E-state index in [1.54, 1.807) is 29.8 Å². The number of fused-ring (bicyclic) bond motifs is 2. The predicted molar refractivity (Wildman–Crippen MR) is 126 cm³/mol. The van der Waals surface area contributed by atoms with E-state index in [2.05, 4.69) is 20.4 Å². The van der Waals surface area contributed by atoms with Crippen LogP contribution in [0.15, 0.2) is 60.8 Å². The molecule has 0 aliphatic heterocycles. The van der Waals surface area contributed by atoms with Gasteiger partial charge in [0.25, 0.3) is 5.91 Å². The van der Waals surface area contributed by atoms with Gasteiger partial charge >= 0.3 is 6.18 Å². The van der Waals surface area contributed by atoms with Gasteiger partial charge in [0.1, 0.15) is 5.56 Å². The Hall–Kier alpha value is -4.21. The number of amides is 1. The van der Waals surface area contributed by atoms with Crippen molar-refractivity contribution in [3.8, 4) is 11.3 Å². The van der Waals surface area contributed by atoms with Gasteiger partial charge in [-0.1, -0.05) is 50.2 Å². The number of aryl methyl sites for hydroxylation is 1. The SMILES string of the molecule is CC(C)c1ccc(-c2cc(C(F)(F)F)n3ncc(C(=O)Nc4nc5ccccc5n4C)c3n2)cc1. The van der Waals surface area contributed by atoms with E-state index in [-0.39, 0.29) is 28.8 Å². The van der Waals surface area contributed by atoms with Gasteiger partial charge in [0, 0.05) is 12.6 Å². The molecule has 1 amide bonds. The molecular formula is C25H21F3N6O. The minimum Gasteiger partial charge on any atom is -0.313 e. The molecule has 0 saturated heterocycles. The number of nitrogens with one attached hydrogen (secondary N) is 1. The van der Waals surface area contributed by atoms with Crippen molar-refractivity contribution < 1.29 is 18.0 Å². The lowest BCUT2D eigenvalue weighted by Gasteiger charge is -2.12. The van der Waals surface area contributed by atoms with Crippen LogP contribution in [0.25, 0.3) is 27.9 Å². The average molecular weight is 478 g/mol. The number of hydrogen-bond donors (Lipinski definition) is 1. The molecule has 7 nitrogen and oxygen atoms in total. The average Bonchev–Trinajstić information content (AvgIpc) is 3.39. The summed E-state index contributed by atoms with van der Waals surface area (Å²) < 4.78 is 44.1. The number of halogens is 3. The van der Waals surface area contributed by atoms with Gasteiger partial charge in [-0.05, 0) is 29.7 Å². The lowest BCUT2D eigenvalue weighted by atomic mass is 10.0. The summed E-state index contributed by atoms with van der Waals surface area (Å²) in [6, 6.07) is 15.4. The molecule has 0 saturated carbocycles. The third-order valence-corrected chi connectivity index (χ3v) is 5.89. The Morgan fingerprint density at radius 3 is 2.40 bits per heavy atom. The van der Waals surface area contributed by atoms with Crippen LogP contribution in [0.1, 0.15) is 41.4 Å². The lowest BCUT2D eigenvalue weighted by molar-refractivity contribution is -0.142. The van der Waals surface area contributed by atoms with Crippen molar-refractivity contribution in [3.63, 3.8) is 0 Å². The van der Waals surface area contributed by atoms with Gasteiger partial charge in [-0.15, -0.1) is 0 Å². The highest BCUT2D eigenvalue weighted by Gasteiger charge is 2.36. The number of para-hydroxylation sites is 2. The van der Waals surface area contributed by atoms with E-state index in [4.69, 9.17) is 0 Å². The summed E-state index contributed by atoms with van der Waals surface area (Å²) in [6.07, 6.45) is -3.62. The van der Waals surface area contributed by atoms with E-state index in [0.717, 1.165) is 23.3 Å². The second-order valence-corrected chi connectivity index (χ2v) is 8.53. The van der Waals surface area contributed by atoms with Gasteiger partial charge in [-0.2, -0.15) is 18.3 Å². The van der Waals surface area contributed by atoms with E-state index in [1.807, 2.05) is 44.2 Å². The summed E-state index contributed by atoms with van der Waals surface area (Å²) in [7, 11) is 1.74. The van der Waals surface area contributed by atoms with Gasteiger partial charge < -0.3 is 4.57 Å². The van der Waals surface area contributed by atoms with Crippen LogP contribution in [-0.2, 0) is 13.2 Å². The summed E-state index contributed by atoms with van der Waals surface area (Å²) in [5.41, 5.74) is 1.82. The van der Waals surface area contributed by atoms with Crippen molar-refractivity contribution in [2.45, 2.75) is 25.9 Å². The first-order chi connectivity index (χ1) is 16.6. The molecule has 0 aliphatic rings. The second-order valence-electron chi connectivity index (χ2n) is 8.53. The zero-order valence-electron chi connectivity index (χ0n) is 19.1. The number of carbonyl (C=O) groups excluding carboxylic acids is 1. The molecular weight excluding hydrogens is 457 g/mol. The van der Waals surface area contributed by atoms with Gasteiger partial charge in [-0.25, -0.2) is 14.5 Å². The minimum atomic E-state index is -4.70. The Balaban J connectivity index is 1.60. The third-order valence-electron chi connectivity index (χ3n) is 5.89. The normalized spacial score (nSPS) is 12.1. The molecule has 0 unspecified atom stereocenters. The molecule has 178 valence electrons. The van der Waals surface area contributed by atoms with E-state index in [1.165, 1.54) is 0 Å². The van der Waals surface area contributed by atoms with E-state index in [9.17, 15) is 18.0 Å². The fourth-order valence-electron chi connectivity index (χ4n) is 3.94.